The monoisotopic (exact) mass is 392 g/mol. The predicted octanol–water partition coefficient (Wildman–Crippen LogP) is 5.08. The Morgan fingerprint density at radius 2 is 1.93 bits per heavy atom. The second-order valence-electron chi connectivity index (χ2n) is 6.99. The first-order valence-electron chi connectivity index (χ1n) is 9.30. The van der Waals surface area contributed by atoms with Crippen LogP contribution < -0.4 is 10.2 Å². The summed E-state index contributed by atoms with van der Waals surface area (Å²) in [6, 6.07) is 15.4. The highest BCUT2D eigenvalue weighted by molar-refractivity contribution is 6.30. The van der Waals surface area contributed by atoms with Crippen molar-refractivity contribution >= 4 is 34.8 Å². The molecular weight excluding hydrogens is 372 g/mol. The SMILES string of the molecule is Cc1cc(C(=O)Nc2ccc(Cl)cc2C)nc(N2CCCc3ccccc32)n1. The van der Waals surface area contributed by atoms with Crippen LogP contribution in [0.15, 0.2) is 48.5 Å². The molecule has 5 nitrogen and oxygen atoms in total. The van der Waals surface area contributed by atoms with Crippen molar-refractivity contribution in [1.82, 2.24) is 9.97 Å². The standard InChI is InChI=1S/C22H21ClN4O/c1-14-12-17(23)9-10-18(14)25-21(28)19-13-15(2)24-22(26-19)27-11-5-7-16-6-3-4-8-20(16)27/h3-4,6,8-10,12-13H,5,7,11H2,1-2H3,(H,25,28). The topological polar surface area (TPSA) is 58.1 Å². The molecule has 0 unspecified atom stereocenters. The largest absolute Gasteiger partial charge is 0.320 e. The first-order valence-corrected chi connectivity index (χ1v) is 9.68. The molecule has 2 aromatic carbocycles. The molecule has 0 atom stereocenters. The van der Waals surface area contributed by atoms with Crippen molar-refractivity contribution in [1.29, 1.82) is 0 Å². The van der Waals surface area contributed by atoms with Gasteiger partial charge in [0, 0.05) is 28.6 Å². The number of hydrogen-bond acceptors (Lipinski definition) is 4. The lowest BCUT2D eigenvalue weighted by atomic mass is 10.0. The molecular formula is C22H21ClN4O. The van der Waals surface area contributed by atoms with Crippen LogP contribution in [0.2, 0.25) is 5.02 Å². The summed E-state index contributed by atoms with van der Waals surface area (Å²) in [4.78, 5) is 24.1. The lowest BCUT2D eigenvalue weighted by molar-refractivity contribution is 0.102. The Morgan fingerprint density at radius 1 is 1.11 bits per heavy atom. The summed E-state index contributed by atoms with van der Waals surface area (Å²) in [6.07, 6.45) is 2.07. The number of para-hydroxylation sites is 1. The third-order valence-electron chi connectivity index (χ3n) is 4.86. The molecule has 0 fully saturated rings. The number of anilines is 3. The van der Waals surface area contributed by atoms with Gasteiger partial charge in [-0.1, -0.05) is 29.8 Å². The number of nitrogens with one attached hydrogen (secondary N) is 1. The van der Waals surface area contributed by atoms with Gasteiger partial charge in [-0.2, -0.15) is 0 Å². The van der Waals surface area contributed by atoms with Crippen molar-refractivity contribution in [3.8, 4) is 0 Å². The molecule has 1 aromatic heterocycles. The van der Waals surface area contributed by atoms with E-state index in [1.54, 1.807) is 18.2 Å². The number of benzene rings is 2. The van der Waals surface area contributed by atoms with Crippen molar-refractivity contribution in [2.45, 2.75) is 26.7 Å². The zero-order valence-corrected chi connectivity index (χ0v) is 16.6. The number of amides is 1. The summed E-state index contributed by atoms with van der Waals surface area (Å²) in [5.41, 5.74) is 5.11. The van der Waals surface area contributed by atoms with Crippen LogP contribution in [-0.2, 0) is 6.42 Å². The van der Waals surface area contributed by atoms with Gasteiger partial charge in [0.15, 0.2) is 0 Å². The van der Waals surface area contributed by atoms with Crippen molar-refractivity contribution < 1.29 is 4.79 Å². The molecule has 1 N–H and O–H groups in total. The number of halogens is 1. The summed E-state index contributed by atoms with van der Waals surface area (Å²) in [5, 5.41) is 3.56. The smallest absolute Gasteiger partial charge is 0.274 e. The fourth-order valence-electron chi connectivity index (χ4n) is 3.48. The van der Waals surface area contributed by atoms with Gasteiger partial charge in [-0.3, -0.25) is 4.79 Å². The number of nitrogens with zero attached hydrogens (tertiary/aromatic N) is 3. The third-order valence-corrected chi connectivity index (χ3v) is 5.10. The molecule has 6 heteroatoms. The van der Waals surface area contributed by atoms with Gasteiger partial charge >= 0.3 is 0 Å². The highest BCUT2D eigenvalue weighted by Crippen LogP contribution is 2.31. The summed E-state index contributed by atoms with van der Waals surface area (Å²) in [6.45, 7) is 4.62. The number of rotatable bonds is 3. The highest BCUT2D eigenvalue weighted by atomic mass is 35.5. The average Bonchev–Trinajstić information content (AvgIpc) is 2.69. The number of hydrogen-bond donors (Lipinski definition) is 1. The molecule has 1 aliphatic rings. The van der Waals surface area contributed by atoms with Gasteiger partial charge in [-0.25, -0.2) is 9.97 Å². The van der Waals surface area contributed by atoms with Crippen LogP contribution in [0.3, 0.4) is 0 Å². The molecule has 0 radical (unpaired) electrons. The summed E-state index contributed by atoms with van der Waals surface area (Å²) >= 11 is 6.00. The molecule has 142 valence electrons. The van der Waals surface area contributed by atoms with E-state index in [1.807, 2.05) is 32.0 Å². The Balaban J connectivity index is 1.65. The molecule has 4 rings (SSSR count). The minimum Gasteiger partial charge on any atom is -0.320 e. The van der Waals surface area contributed by atoms with Gasteiger partial charge in [0.25, 0.3) is 5.91 Å². The van der Waals surface area contributed by atoms with Crippen LogP contribution in [0.4, 0.5) is 17.3 Å². The number of carbonyl (C=O) groups excluding carboxylic acids is 1. The van der Waals surface area contributed by atoms with E-state index in [9.17, 15) is 4.79 Å². The second kappa shape index (κ2) is 7.60. The molecule has 28 heavy (non-hydrogen) atoms. The quantitative estimate of drug-likeness (QED) is 0.675. The molecule has 1 amide bonds. The lowest BCUT2D eigenvalue weighted by Gasteiger charge is -2.29. The van der Waals surface area contributed by atoms with E-state index in [2.05, 4.69) is 32.3 Å². The molecule has 0 saturated carbocycles. The molecule has 0 spiro atoms. The molecule has 3 aromatic rings. The fourth-order valence-corrected chi connectivity index (χ4v) is 3.71. The third kappa shape index (κ3) is 3.71. The van der Waals surface area contributed by atoms with Crippen molar-refractivity contribution in [3.63, 3.8) is 0 Å². The maximum atomic E-state index is 12.8. The molecule has 0 aliphatic carbocycles. The Morgan fingerprint density at radius 3 is 2.75 bits per heavy atom. The molecule has 2 heterocycles. The maximum absolute atomic E-state index is 12.8. The van der Waals surface area contributed by atoms with Crippen LogP contribution >= 0.6 is 11.6 Å². The van der Waals surface area contributed by atoms with Crippen LogP contribution in [-0.4, -0.2) is 22.4 Å². The minimum atomic E-state index is -0.262. The van der Waals surface area contributed by atoms with Crippen LogP contribution in [0.25, 0.3) is 0 Å². The Kier molecular flexibility index (Phi) is 5.01. The fraction of sp³-hybridized carbons (Fsp3) is 0.227. The zero-order chi connectivity index (χ0) is 19.7. The lowest BCUT2D eigenvalue weighted by Crippen LogP contribution is -2.27. The van der Waals surface area contributed by atoms with E-state index in [0.717, 1.165) is 42.0 Å². The Bertz CT molecular complexity index is 1050. The number of fused-ring (bicyclic) bond motifs is 1. The van der Waals surface area contributed by atoms with Gasteiger partial charge in [-0.05, 0) is 68.1 Å². The van der Waals surface area contributed by atoms with Crippen molar-refractivity contribution in [3.05, 3.63) is 76.1 Å². The van der Waals surface area contributed by atoms with E-state index in [4.69, 9.17) is 11.6 Å². The van der Waals surface area contributed by atoms with E-state index in [1.165, 1.54) is 5.56 Å². The summed E-state index contributed by atoms with van der Waals surface area (Å²) < 4.78 is 0. The second-order valence-corrected chi connectivity index (χ2v) is 7.43. The Labute approximate surface area is 169 Å². The van der Waals surface area contributed by atoms with Gasteiger partial charge in [-0.15, -0.1) is 0 Å². The van der Waals surface area contributed by atoms with E-state index in [-0.39, 0.29) is 5.91 Å². The normalized spacial score (nSPS) is 13.2. The zero-order valence-electron chi connectivity index (χ0n) is 15.9. The van der Waals surface area contributed by atoms with E-state index >= 15 is 0 Å². The number of aryl methyl sites for hydroxylation is 3. The van der Waals surface area contributed by atoms with Gasteiger partial charge in [0.2, 0.25) is 5.95 Å². The van der Waals surface area contributed by atoms with Crippen LogP contribution in [0.5, 0.6) is 0 Å². The first kappa shape index (κ1) is 18.4. The van der Waals surface area contributed by atoms with Gasteiger partial charge in [0.1, 0.15) is 5.69 Å². The van der Waals surface area contributed by atoms with E-state index in [0.29, 0.717) is 16.7 Å². The molecule has 1 aliphatic heterocycles. The number of aromatic nitrogens is 2. The van der Waals surface area contributed by atoms with Crippen LogP contribution in [0.1, 0.15) is 33.7 Å². The maximum Gasteiger partial charge on any atom is 0.274 e. The first-order chi connectivity index (χ1) is 13.5. The molecule has 0 bridgehead atoms. The van der Waals surface area contributed by atoms with Gasteiger partial charge < -0.3 is 10.2 Å². The summed E-state index contributed by atoms with van der Waals surface area (Å²) in [5.74, 6) is 0.299. The number of carbonyl (C=O) groups is 1. The minimum absolute atomic E-state index is 0.262. The highest BCUT2D eigenvalue weighted by Gasteiger charge is 2.22. The summed E-state index contributed by atoms with van der Waals surface area (Å²) in [7, 11) is 0. The van der Waals surface area contributed by atoms with Crippen molar-refractivity contribution in [2.75, 3.05) is 16.8 Å². The van der Waals surface area contributed by atoms with Gasteiger partial charge in [0.05, 0.1) is 0 Å². The predicted molar refractivity (Wildman–Crippen MR) is 113 cm³/mol. The van der Waals surface area contributed by atoms with E-state index < -0.39 is 0 Å². The van der Waals surface area contributed by atoms with Crippen molar-refractivity contribution in [2.24, 2.45) is 0 Å². The van der Waals surface area contributed by atoms with Crippen LogP contribution in [0, 0.1) is 13.8 Å². The molecule has 0 saturated heterocycles. The Hall–Kier alpha value is -2.92. The average molecular weight is 393 g/mol.